The zero-order valence-corrected chi connectivity index (χ0v) is 19.3. The fraction of sp³-hybridized carbons (Fsp3) is 0.345. The van der Waals surface area contributed by atoms with Crippen LogP contribution in [0, 0.1) is 90.7 Å². The van der Waals surface area contributed by atoms with Gasteiger partial charge >= 0.3 is 0 Å². The Kier molecular flexibility index (Phi) is 4.84. The fourth-order valence-electron chi connectivity index (χ4n) is 7.80. The zero-order chi connectivity index (χ0) is 25.7. The van der Waals surface area contributed by atoms with Gasteiger partial charge in [0.15, 0.2) is 0 Å². The summed E-state index contributed by atoms with van der Waals surface area (Å²) >= 11 is 0. The molecule has 2 unspecified atom stereocenters. The van der Waals surface area contributed by atoms with Gasteiger partial charge in [-0.25, -0.2) is 0 Å². The highest BCUT2D eigenvalue weighted by molar-refractivity contribution is 5.60. The average Bonchev–Trinajstić information content (AvgIpc) is 2.90. The van der Waals surface area contributed by atoms with Crippen LogP contribution in [-0.2, 0) is 10.8 Å². The third-order valence-corrected chi connectivity index (χ3v) is 8.49. The van der Waals surface area contributed by atoms with Gasteiger partial charge in [0.2, 0.25) is 0 Å². The van der Waals surface area contributed by atoms with Crippen molar-refractivity contribution >= 4 is 0 Å². The van der Waals surface area contributed by atoms with E-state index in [0.29, 0.717) is 41.5 Å². The largest absolute Gasteiger partial charge is 0.198 e. The predicted octanol–water partition coefficient (Wildman–Crippen LogP) is 4.60. The molecule has 168 valence electrons. The molecule has 0 aliphatic heterocycles. The number of nitrogens with zero attached hydrogens (tertiary/aromatic N) is 7. The molecule has 0 saturated heterocycles. The molecule has 7 nitrogen and oxygen atoms in total. The summed E-state index contributed by atoms with van der Waals surface area (Å²) in [5.41, 5.74) is 0.843. The van der Waals surface area contributed by atoms with E-state index in [4.69, 9.17) is 0 Å². The molecule has 4 atom stereocenters. The average molecular weight is 464 g/mol. The lowest BCUT2D eigenvalue weighted by Crippen LogP contribution is -2.60. The van der Waals surface area contributed by atoms with Gasteiger partial charge in [0, 0.05) is 0 Å². The van der Waals surface area contributed by atoms with Crippen molar-refractivity contribution in [1.82, 2.24) is 0 Å². The van der Waals surface area contributed by atoms with Crippen LogP contribution in [0.25, 0.3) is 0 Å². The summed E-state index contributed by atoms with van der Waals surface area (Å²) in [6.45, 7) is 0. The van der Waals surface area contributed by atoms with Crippen molar-refractivity contribution in [3.8, 4) is 42.5 Å². The Morgan fingerprint density at radius 3 is 1.25 bits per heavy atom. The molecule has 4 aliphatic rings. The van der Waals surface area contributed by atoms with Crippen molar-refractivity contribution in [2.45, 2.75) is 49.4 Å². The highest BCUT2D eigenvalue weighted by atomic mass is 14.7. The van der Waals surface area contributed by atoms with Crippen LogP contribution in [-0.4, -0.2) is 0 Å². The fourth-order valence-corrected chi connectivity index (χ4v) is 7.80. The molecular formula is C29H17N7. The van der Waals surface area contributed by atoms with Crippen LogP contribution in [0.2, 0.25) is 0 Å². The van der Waals surface area contributed by atoms with Crippen LogP contribution in [0.3, 0.4) is 0 Å². The van der Waals surface area contributed by atoms with E-state index >= 15 is 0 Å². The molecule has 4 aliphatic carbocycles. The number of hydrogen-bond donors (Lipinski definition) is 0. The van der Waals surface area contributed by atoms with Crippen molar-refractivity contribution in [3.63, 3.8) is 0 Å². The first-order valence-electron chi connectivity index (χ1n) is 11.5. The van der Waals surface area contributed by atoms with Crippen LogP contribution < -0.4 is 0 Å². The Morgan fingerprint density at radius 2 is 0.889 bits per heavy atom. The van der Waals surface area contributed by atoms with Crippen LogP contribution in [0.1, 0.15) is 83.0 Å². The molecule has 0 radical (unpaired) electrons. The summed E-state index contributed by atoms with van der Waals surface area (Å²) in [7, 11) is 0. The lowest BCUT2D eigenvalue weighted by Gasteiger charge is -2.65. The van der Waals surface area contributed by atoms with Crippen LogP contribution in [0.15, 0.2) is 24.3 Å². The van der Waals surface area contributed by atoms with Gasteiger partial charge in [0.25, 0.3) is 0 Å². The molecule has 2 aromatic carbocycles. The van der Waals surface area contributed by atoms with Gasteiger partial charge < -0.3 is 0 Å². The highest BCUT2D eigenvalue weighted by Crippen LogP contribution is 2.70. The van der Waals surface area contributed by atoms with Gasteiger partial charge in [-0.1, -0.05) is 0 Å². The molecule has 4 fully saturated rings. The number of hydrogen-bond acceptors (Lipinski definition) is 7. The summed E-state index contributed by atoms with van der Waals surface area (Å²) in [5, 5.41) is 68.7. The van der Waals surface area contributed by atoms with E-state index in [-0.39, 0.29) is 28.2 Å². The molecule has 6 rings (SSSR count). The second kappa shape index (κ2) is 7.70. The molecule has 36 heavy (non-hydrogen) atoms. The summed E-state index contributed by atoms with van der Waals surface area (Å²) in [6, 6.07) is 21.4. The zero-order valence-electron chi connectivity index (χ0n) is 19.3. The molecule has 0 aromatic heterocycles. The first-order chi connectivity index (χ1) is 17.3. The van der Waals surface area contributed by atoms with E-state index in [9.17, 15) is 36.8 Å². The first-order valence-corrected chi connectivity index (χ1v) is 11.5. The van der Waals surface area contributed by atoms with E-state index < -0.39 is 16.2 Å². The number of nitriles is 7. The molecule has 4 saturated carbocycles. The van der Waals surface area contributed by atoms with E-state index in [2.05, 4.69) is 30.3 Å². The minimum atomic E-state index is -0.680. The van der Waals surface area contributed by atoms with Gasteiger partial charge in [-0.3, -0.25) is 0 Å². The minimum absolute atomic E-state index is 0.143. The van der Waals surface area contributed by atoms with Gasteiger partial charge in [-0.2, -0.15) is 36.8 Å². The molecule has 4 bridgehead atoms. The van der Waals surface area contributed by atoms with Gasteiger partial charge in [0.05, 0.1) is 57.0 Å². The Hall–Kier alpha value is -5.13. The third-order valence-electron chi connectivity index (χ3n) is 8.49. The Morgan fingerprint density at radius 1 is 0.500 bits per heavy atom. The maximum Gasteiger partial charge on any atom is 0.101 e. The molecule has 0 N–H and O–H groups in total. The quantitative estimate of drug-likeness (QED) is 0.627. The van der Waals surface area contributed by atoms with Gasteiger partial charge in [-0.05, 0) is 90.7 Å². The summed E-state index contributed by atoms with van der Waals surface area (Å²) in [5.74, 6) is 0.154. The van der Waals surface area contributed by atoms with E-state index in [1.165, 1.54) is 12.1 Å². The molecule has 7 heteroatoms. The summed E-state index contributed by atoms with van der Waals surface area (Å²) in [6.07, 6.45) is 3.82. The monoisotopic (exact) mass is 463 g/mol. The maximum absolute atomic E-state index is 10.4. The maximum atomic E-state index is 10.4. The van der Waals surface area contributed by atoms with E-state index in [1.54, 1.807) is 12.1 Å². The Bertz CT molecular complexity index is 1540. The van der Waals surface area contributed by atoms with E-state index in [1.807, 2.05) is 12.1 Å². The minimum Gasteiger partial charge on any atom is -0.198 e. The van der Waals surface area contributed by atoms with Crippen molar-refractivity contribution in [1.29, 1.82) is 36.8 Å². The standard InChI is InChI=1S/C29H17N7/c30-8-19-1-23(12-34)25(3-21(19)10-32)28-6-18-5-27(14-28,17-36)15-29(7-18,16-28)26-4-22(11-33)20(9-31)2-24(26)13-35/h1-4,18H,5-7,14-16H2/t18?,27?,28-,29+. The van der Waals surface area contributed by atoms with Crippen molar-refractivity contribution < 1.29 is 0 Å². The van der Waals surface area contributed by atoms with Crippen LogP contribution in [0.4, 0.5) is 0 Å². The molecule has 2 aromatic rings. The summed E-state index contributed by atoms with van der Waals surface area (Å²) in [4.78, 5) is 0. The molecule has 0 amide bonds. The van der Waals surface area contributed by atoms with E-state index in [0.717, 1.165) is 19.3 Å². The topological polar surface area (TPSA) is 167 Å². The van der Waals surface area contributed by atoms with Crippen molar-refractivity contribution in [2.24, 2.45) is 11.3 Å². The smallest absolute Gasteiger partial charge is 0.101 e. The van der Waals surface area contributed by atoms with Crippen molar-refractivity contribution in [3.05, 3.63) is 68.8 Å². The molecule has 0 heterocycles. The third kappa shape index (κ3) is 2.97. The first kappa shape index (κ1) is 22.7. The Balaban J connectivity index is 1.79. The SMILES string of the molecule is N#Cc1cc(C#N)c([C@@]23CC4CC(C#N)(C2)C[C@](c2cc(C#N)c(C#N)cc2C#N)(C4)C3)cc1C#N. The van der Waals surface area contributed by atoms with Crippen LogP contribution >= 0.6 is 0 Å². The van der Waals surface area contributed by atoms with Crippen molar-refractivity contribution in [2.75, 3.05) is 0 Å². The lowest BCUT2D eigenvalue weighted by molar-refractivity contribution is -0.0621. The van der Waals surface area contributed by atoms with Gasteiger partial charge in [-0.15, -0.1) is 0 Å². The normalized spacial score (nSPS) is 28.9. The molecule has 0 spiro atoms. The number of rotatable bonds is 2. The summed E-state index contributed by atoms with van der Waals surface area (Å²) < 4.78 is 0. The lowest BCUT2D eigenvalue weighted by atomic mass is 9.37. The second-order valence-corrected chi connectivity index (χ2v) is 10.5. The Labute approximate surface area is 208 Å². The number of benzene rings is 2. The predicted molar refractivity (Wildman–Crippen MR) is 124 cm³/mol. The second-order valence-electron chi connectivity index (χ2n) is 10.5. The molecular weight excluding hydrogens is 446 g/mol. The highest BCUT2D eigenvalue weighted by Gasteiger charge is 2.65. The van der Waals surface area contributed by atoms with Crippen LogP contribution in [0.5, 0.6) is 0 Å². The van der Waals surface area contributed by atoms with Gasteiger partial charge in [0.1, 0.15) is 24.3 Å².